The van der Waals surface area contributed by atoms with Gasteiger partial charge in [0.1, 0.15) is 5.82 Å². The van der Waals surface area contributed by atoms with E-state index in [1.54, 1.807) is 0 Å². The number of fused-ring (bicyclic) bond motifs is 3. The molecule has 0 atom stereocenters. The predicted molar refractivity (Wildman–Crippen MR) is 88.0 cm³/mol. The van der Waals surface area contributed by atoms with E-state index in [1.165, 1.54) is 31.2 Å². The van der Waals surface area contributed by atoms with Crippen LogP contribution in [0.4, 0.5) is 11.8 Å². The van der Waals surface area contributed by atoms with Gasteiger partial charge in [-0.05, 0) is 24.6 Å². The molecule has 0 fully saturated rings. The third kappa shape index (κ3) is 2.51. The van der Waals surface area contributed by atoms with Crippen LogP contribution in [0.2, 0.25) is 0 Å². The SMILES string of the molecule is CCCCCCn1ccc2c3c(N)nc(N)nc3ccc21. The normalized spacial score (nSPS) is 11.5. The maximum atomic E-state index is 6.03. The Balaban J connectivity index is 2.01. The highest BCUT2D eigenvalue weighted by atomic mass is 15.0. The summed E-state index contributed by atoms with van der Waals surface area (Å²) in [7, 11) is 0. The lowest BCUT2D eigenvalue weighted by atomic mass is 10.1. The Kier molecular flexibility index (Phi) is 3.64. The quantitative estimate of drug-likeness (QED) is 0.703. The molecular formula is C16H21N5. The Labute approximate surface area is 124 Å². The second-order valence-corrected chi connectivity index (χ2v) is 5.43. The average molecular weight is 283 g/mol. The maximum Gasteiger partial charge on any atom is 0.222 e. The van der Waals surface area contributed by atoms with Gasteiger partial charge < -0.3 is 16.0 Å². The van der Waals surface area contributed by atoms with Gasteiger partial charge >= 0.3 is 0 Å². The number of aromatic nitrogens is 3. The Morgan fingerprint density at radius 1 is 1.05 bits per heavy atom. The number of nitrogen functional groups attached to an aromatic ring is 2. The molecule has 0 saturated heterocycles. The number of hydrogen-bond donors (Lipinski definition) is 2. The van der Waals surface area contributed by atoms with Crippen LogP contribution in [-0.2, 0) is 6.54 Å². The highest BCUT2D eigenvalue weighted by Gasteiger charge is 2.10. The van der Waals surface area contributed by atoms with Crippen LogP contribution in [0.5, 0.6) is 0 Å². The van der Waals surface area contributed by atoms with Gasteiger partial charge in [0.2, 0.25) is 5.95 Å². The smallest absolute Gasteiger partial charge is 0.222 e. The van der Waals surface area contributed by atoms with Crippen LogP contribution in [0, 0.1) is 0 Å². The first-order valence-corrected chi connectivity index (χ1v) is 7.51. The number of rotatable bonds is 5. The van der Waals surface area contributed by atoms with E-state index in [9.17, 15) is 0 Å². The molecule has 0 bridgehead atoms. The minimum absolute atomic E-state index is 0.221. The second kappa shape index (κ2) is 5.60. The fourth-order valence-corrected chi connectivity index (χ4v) is 2.85. The first-order chi connectivity index (χ1) is 10.2. The summed E-state index contributed by atoms with van der Waals surface area (Å²) in [6.07, 6.45) is 7.13. The highest BCUT2D eigenvalue weighted by molar-refractivity contribution is 6.10. The lowest BCUT2D eigenvalue weighted by molar-refractivity contribution is 0.594. The van der Waals surface area contributed by atoms with Crippen molar-refractivity contribution < 1.29 is 0 Å². The Morgan fingerprint density at radius 2 is 1.90 bits per heavy atom. The molecule has 21 heavy (non-hydrogen) atoms. The zero-order valence-corrected chi connectivity index (χ0v) is 12.3. The molecule has 0 saturated carbocycles. The minimum Gasteiger partial charge on any atom is -0.383 e. The molecule has 5 heteroatoms. The Bertz CT molecular complexity index is 775. The van der Waals surface area contributed by atoms with Crippen molar-refractivity contribution in [2.75, 3.05) is 11.5 Å². The third-order valence-corrected chi connectivity index (χ3v) is 3.91. The van der Waals surface area contributed by atoms with Crippen molar-refractivity contribution in [1.29, 1.82) is 0 Å². The second-order valence-electron chi connectivity index (χ2n) is 5.43. The summed E-state index contributed by atoms with van der Waals surface area (Å²) in [6.45, 7) is 3.26. The highest BCUT2D eigenvalue weighted by Crippen LogP contribution is 2.29. The van der Waals surface area contributed by atoms with Crippen molar-refractivity contribution >= 4 is 33.6 Å². The first kappa shape index (κ1) is 13.7. The van der Waals surface area contributed by atoms with Crippen LogP contribution in [0.25, 0.3) is 21.8 Å². The number of unbranched alkanes of at least 4 members (excludes halogenated alkanes) is 3. The van der Waals surface area contributed by atoms with E-state index < -0.39 is 0 Å². The molecular weight excluding hydrogens is 262 g/mol. The van der Waals surface area contributed by atoms with Crippen LogP contribution in [0.15, 0.2) is 24.4 Å². The monoisotopic (exact) mass is 283 g/mol. The van der Waals surface area contributed by atoms with Crippen molar-refractivity contribution in [1.82, 2.24) is 14.5 Å². The zero-order valence-electron chi connectivity index (χ0n) is 12.3. The van der Waals surface area contributed by atoms with Crippen molar-refractivity contribution in [3.05, 3.63) is 24.4 Å². The third-order valence-electron chi connectivity index (χ3n) is 3.91. The van der Waals surface area contributed by atoms with Crippen molar-refractivity contribution in [3.63, 3.8) is 0 Å². The van der Waals surface area contributed by atoms with Crippen molar-refractivity contribution in [3.8, 4) is 0 Å². The molecule has 3 rings (SSSR count). The summed E-state index contributed by atoms with van der Waals surface area (Å²) < 4.78 is 2.28. The largest absolute Gasteiger partial charge is 0.383 e. The summed E-state index contributed by atoms with van der Waals surface area (Å²) in [6, 6.07) is 6.14. The molecule has 0 spiro atoms. The van der Waals surface area contributed by atoms with E-state index in [2.05, 4.69) is 39.8 Å². The number of aryl methyl sites for hydroxylation is 1. The van der Waals surface area contributed by atoms with Crippen LogP contribution in [-0.4, -0.2) is 14.5 Å². The van der Waals surface area contributed by atoms with Crippen LogP contribution < -0.4 is 11.5 Å². The van der Waals surface area contributed by atoms with Gasteiger partial charge in [0.15, 0.2) is 0 Å². The zero-order chi connectivity index (χ0) is 14.8. The van der Waals surface area contributed by atoms with Gasteiger partial charge in [-0.3, -0.25) is 0 Å². The standard InChI is InChI=1S/C16H21N5/c1-2-3-4-5-9-21-10-8-11-13(21)7-6-12-14(11)15(17)20-16(18)19-12/h6-8,10H,2-5,9H2,1H3,(H4,17,18,19,20). The number of benzene rings is 1. The molecule has 0 radical (unpaired) electrons. The van der Waals surface area contributed by atoms with E-state index in [1.807, 2.05) is 6.07 Å². The fraction of sp³-hybridized carbons (Fsp3) is 0.375. The molecule has 3 aromatic rings. The van der Waals surface area contributed by atoms with Gasteiger partial charge in [-0.1, -0.05) is 26.2 Å². The van der Waals surface area contributed by atoms with Crippen molar-refractivity contribution in [2.24, 2.45) is 0 Å². The van der Waals surface area contributed by atoms with E-state index in [0.29, 0.717) is 5.82 Å². The molecule has 1 aromatic carbocycles. The Hall–Kier alpha value is -2.30. The van der Waals surface area contributed by atoms with Crippen LogP contribution in [0.1, 0.15) is 32.6 Å². The van der Waals surface area contributed by atoms with Crippen LogP contribution >= 0.6 is 0 Å². The summed E-state index contributed by atoms with van der Waals surface area (Å²) in [5, 5.41) is 1.99. The molecule has 2 aromatic heterocycles. The molecule has 0 unspecified atom stereocenters. The van der Waals surface area contributed by atoms with Crippen LogP contribution in [0.3, 0.4) is 0 Å². The van der Waals surface area contributed by atoms with Gasteiger partial charge in [0.25, 0.3) is 0 Å². The summed E-state index contributed by atoms with van der Waals surface area (Å²) in [5.41, 5.74) is 13.7. The van der Waals surface area contributed by atoms with E-state index in [4.69, 9.17) is 11.5 Å². The maximum absolute atomic E-state index is 6.03. The average Bonchev–Trinajstić information content (AvgIpc) is 2.86. The van der Waals surface area contributed by atoms with E-state index in [0.717, 1.165) is 22.8 Å². The van der Waals surface area contributed by atoms with E-state index >= 15 is 0 Å². The van der Waals surface area contributed by atoms with Crippen molar-refractivity contribution in [2.45, 2.75) is 39.2 Å². The fourth-order valence-electron chi connectivity index (χ4n) is 2.85. The molecule has 0 amide bonds. The number of nitrogens with zero attached hydrogens (tertiary/aromatic N) is 3. The molecule has 0 aliphatic carbocycles. The lowest BCUT2D eigenvalue weighted by Crippen LogP contribution is -2.01. The lowest BCUT2D eigenvalue weighted by Gasteiger charge is -2.07. The number of nitrogens with two attached hydrogens (primary N) is 2. The molecule has 110 valence electrons. The number of hydrogen-bond acceptors (Lipinski definition) is 4. The summed E-state index contributed by atoms with van der Waals surface area (Å²) in [4.78, 5) is 8.34. The number of anilines is 2. The first-order valence-electron chi connectivity index (χ1n) is 7.51. The minimum atomic E-state index is 0.221. The van der Waals surface area contributed by atoms with Gasteiger partial charge in [0.05, 0.1) is 10.9 Å². The van der Waals surface area contributed by atoms with E-state index in [-0.39, 0.29) is 5.95 Å². The van der Waals surface area contributed by atoms with Gasteiger partial charge in [-0.2, -0.15) is 4.98 Å². The predicted octanol–water partition coefficient (Wildman–Crippen LogP) is 3.33. The molecule has 0 aliphatic heterocycles. The van der Waals surface area contributed by atoms with Gasteiger partial charge in [-0.15, -0.1) is 0 Å². The Morgan fingerprint density at radius 3 is 2.71 bits per heavy atom. The molecule has 2 heterocycles. The summed E-state index contributed by atoms with van der Waals surface area (Å²) >= 11 is 0. The topological polar surface area (TPSA) is 82.8 Å². The molecule has 0 aliphatic rings. The molecule has 5 nitrogen and oxygen atoms in total. The molecule has 4 N–H and O–H groups in total. The van der Waals surface area contributed by atoms with Gasteiger partial charge in [-0.25, -0.2) is 4.98 Å². The van der Waals surface area contributed by atoms with Gasteiger partial charge in [0, 0.05) is 23.6 Å². The summed E-state index contributed by atoms with van der Waals surface area (Å²) in [5.74, 6) is 0.671.